The van der Waals surface area contributed by atoms with E-state index in [0.29, 0.717) is 0 Å². The fourth-order valence-electron chi connectivity index (χ4n) is 3.50. The first-order chi connectivity index (χ1) is 13.2. The zero-order chi connectivity index (χ0) is 19.1. The second-order valence-electron chi connectivity index (χ2n) is 6.32. The van der Waals surface area contributed by atoms with Crippen LogP contribution in [0.25, 0.3) is 0 Å². The maximum atomic E-state index is 12.8. The van der Waals surface area contributed by atoms with Crippen molar-refractivity contribution < 1.29 is 14.3 Å². The van der Waals surface area contributed by atoms with Crippen LogP contribution in [-0.2, 0) is 14.3 Å². The Balaban J connectivity index is 2.23. The minimum absolute atomic E-state index is 0.143. The van der Waals surface area contributed by atoms with Crippen LogP contribution >= 0.6 is 7.26 Å². The normalized spacial score (nSPS) is 11.6. The Morgan fingerprint density at radius 1 is 0.704 bits per heavy atom. The van der Waals surface area contributed by atoms with Crippen LogP contribution in [0.15, 0.2) is 91.0 Å². The van der Waals surface area contributed by atoms with Crippen LogP contribution in [0.5, 0.6) is 0 Å². The predicted molar refractivity (Wildman–Crippen MR) is 113 cm³/mol. The molecule has 3 aromatic rings. The Hall–Kier alpha value is -2.77. The van der Waals surface area contributed by atoms with Gasteiger partial charge in [-0.05, 0) is 0 Å². The SMILES string of the molecule is CCOC(=O)C(=O)C[PH](c1ccccc1)(c1ccccc1)c1ccccc1. The fraction of sp³-hybridized carbons (Fsp3) is 0.130. The fourth-order valence-corrected chi connectivity index (χ4v) is 8.02. The number of ketones is 1. The topological polar surface area (TPSA) is 43.4 Å². The Labute approximate surface area is 160 Å². The number of carbonyl (C=O) groups is 2. The van der Waals surface area contributed by atoms with Gasteiger partial charge < -0.3 is 0 Å². The summed E-state index contributed by atoms with van der Waals surface area (Å²) >= 11 is 0. The molecule has 0 aliphatic carbocycles. The molecule has 0 heterocycles. The number of hydrogen-bond donors (Lipinski definition) is 0. The first-order valence-electron chi connectivity index (χ1n) is 9.05. The standard InChI is InChI=1S/C23H23O3P/c1-2-26-23(25)22(24)18-27(19-12-6-3-7-13-19,20-14-8-4-9-15-20)21-16-10-5-11-17-21/h3-17,27H,2,18H2,1H3. The molecule has 3 rings (SSSR count). The second kappa shape index (κ2) is 8.75. The average Bonchev–Trinajstić information content (AvgIpc) is 2.74. The van der Waals surface area contributed by atoms with E-state index >= 15 is 0 Å². The number of carbonyl (C=O) groups excluding carboxylic acids is 2. The maximum absolute atomic E-state index is 12.8. The van der Waals surface area contributed by atoms with Crippen molar-refractivity contribution in [2.24, 2.45) is 0 Å². The summed E-state index contributed by atoms with van der Waals surface area (Å²) in [4.78, 5) is 25.0. The summed E-state index contributed by atoms with van der Waals surface area (Å²) in [6.07, 6.45) is 0.143. The molecular weight excluding hydrogens is 355 g/mol. The average molecular weight is 378 g/mol. The van der Waals surface area contributed by atoms with Crippen LogP contribution in [0.2, 0.25) is 0 Å². The summed E-state index contributed by atoms with van der Waals surface area (Å²) in [5.41, 5.74) is 0. The molecule has 0 unspecified atom stereocenters. The molecule has 0 aliphatic rings. The van der Waals surface area contributed by atoms with E-state index in [2.05, 4.69) is 36.4 Å². The zero-order valence-corrected chi connectivity index (χ0v) is 16.3. The molecule has 3 aromatic carbocycles. The van der Waals surface area contributed by atoms with Gasteiger partial charge in [0.15, 0.2) is 0 Å². The predicted octanol–water partition coefficient (Wildman–Crippen LogP) is 2.85. The molecule has 0 saturated heterocycles. The summed E-state index contributed by atoms with van der Waals surface area (Å²) in [6.45, 7) is 1.91. The van der Waals surface area contributed by atoms with Crippen LogP contribution in [0.4, 0.5) is 0 Å². The number of rotatable bonds is 7. The van der Waals surface area contributed by atoms with Gasteiger partial charge in [-0.15, -0.1) is 0 Å². The summed E-state index contributed by atoms with van der Waals surface area (Å²) in [6, 6.07) is 30.2. The third-order valence-electron chi connectivity index (χ3n) is 4.73. The Morgan fingerprint density at radius 3 is 1.41 bits per heavy atom. The monoisotopic (exact) mass is 378 g/mol. The van der Waals surface area contributed by atoms with E-state index in [1.807, 2.05) is 54.6 Å². The van der Waals surface area contributed by atoms with Gasteiger partial charge in [-0.1, -0.05) is 0 Å². The number of benzene rings is 3. The van der Waals surface area contributed by atoms with Gasteiger partial charge in [0.2, 0.25) is 0 Å². The van der Waals surface area contributed by atoms with Crippen molar-refractivity contribution >= 4 is 34.9 Å². The molecule has 0 saturated carbocycles. The van der Waals surface area contributed by atoms with Crippen LogP contribution < -0.4 is 15.9 Å². The Bertz CT molecular complexity index is 796. The van der Waals surface area contributed by atoms with Gasteiger partial charge in [0.25, 0.3) is 0 Å². The van der Waals surface area contributed by atoms with Crippen molar-refractivity contribution in [3.8, 4) is 0 Å². The van der Waals surface area contributed by atoms with Gasteiger partial charge in [-0.2, -0.15) is 0 Å². The van der Waals surface area contributed by atoms with Crippen LogP contribution in [0, 0.1) is 0 Å². The number of esters is 1. The van der Waals surface area contributed by atoms with Crippen LogP contribution in [-0.4, -0.2) is 24.5 Å². The third-order valence-corrected chi connectivity index (χ3v) is 9.54. The van der Waals surface area contributed by atoms with E-state index in [4.69, 9.17) is 4.74 Å². The zero-order valence-electron chi connectivity index (χ0n) is 15.3. The molecule has 0 aromatic heterocycles. The van der Waals surface area contributed by atoms with E-state index in [1.54, 1.807) is 6.92 Å². The van der Waals surface area contributed by atoms with Crippen LogP contribution in [0.3, 0.4) is 0 Å². The molecule has 138 valence electrons. The van der Waals surface area contributed by atoms with Gasteiger partial charge in [-0.25, -0.2) is 0 Å². The number of hydrogen-bond acceptors (Lipinski definition) is 3. The van der Waals surface area contributed by atoms with Crippen molar-refractivity contribution in [3.05, 3.63) is 91.0 Å². The summed E-state index contributed by atoms with van der Waals surface area (Å²) < 4.78 is 4.99. The van der Waals surface area contributed by atoms with Gasteiger partial charge in [0, 0.05) is 0 Å². The van der Waals surface area contributed by atoms with Crippen molar-refractivity contribution in [1.82, 2.24) is 0 Å². The summed E-state index contributed by atoms with van der Waals surface area (Å²) in [7, 11) is -2.73. The Kier molecular flexibility index (Phi) is 6.16. The van der Waals surface area contributed by atoms with E-state index in [0.717, 1.165) is 15.9 Å². The Morgan fingerprint density at radius 2 is 1.07 bits per heavy atom. The van der Waals surface area contributed by atoms with Gasteiger partial charge in [0.1, 0.15) is 0 Å². The molecule has 0 atom stereocenters. The molecule has 0 spiro atoms. The minimum atomic E-state index is -2.73. The van der Waals surface area contributed by atoms with E-state index in [-0.39, 0.29) is 12.8 Å². The quantitative estimate of drug-likeness (QED) is 0.361. The van der Waals surface area contributed by atoms with Crippen LogP contribution in [0.1, 0.15) is 6.92 Å². The van der Waals surface area contributed by atoms with Gasteiger partial charge >= 0.3 is 160 Å². The molecule has 0 aliphatic heterocycles. The molecule has 0 fully saturated rings. The van der Waals surface area contributed by atoms with Crippen molar-refractivity contribution in [2.45, 2.75) is 6.92 Å². The summed E-state index contributed by atoms with van der Waals surface area (Å²) in [5.74, 6) is -1.22. The number of ether oxygens (including phenoxy) is 1. The van der Waals surface area contributed by atoms with Gasteiger partial charge in [-0.3, -0.25) is 0 Å². The molecule has 0 N–H and O–H groups in total. The van der Waals surface area contributed by atoms with Crippen molar-refractivity contribution in [2.75, 3.05) is 12.8 Å². The molecular formula is C23H23O3P. The van der Waals surface area contributed by atoms with Gasteiger partial charge in [0.05, 0.1) is 0 Å². The molecule has 0 radical (unpaired) electrons. The number of Topliss-reactive ketones (excluding diaryl/α,β-unsaturated/α-hetero) is 1. The van der Waals surface area contributed by atoms with E-state index < -0.39 is 19.0 Å². The molecule has 27 heavy (non-hydrogen) atoms. The molecule has 4 heteroatoms. The third kappa shape index (κ3) is 3.99. The molecule has 3 nitrogen and oxygen atoms in total. The second-order valence-corrected chi connectivity index (χ2v) is 10.2. The van der Waals surface area contributed by atoms with E-state index in [1.165, 1.54) is 0 Å². The van der Waals surface area contributed by atoms with E-state index in [9.17, 15) is 9.59 Å². The first kappa shape index (κ1) is 19.0. The first-order valence-corrected chi connectivity index (χ1v) is 11.3. The molecule has 0 bridgehead atoms. The summed E-state index contributed by atoms with van der Waals surface area (Å²) in [5, 5.41) is 3.29. The molecule has 0 amide bonds. The van der Waals surface area contributed by atoms with Crippen molar-refractivity contribution in [3.63, 3.8) is 0 Å². The van der Waals surface area contributed by atoms with Crippen molar-refractivity contribution in [1.29, 1.82) is 0 Å².